The van der Waals surface area contributed by atoms with Crippen LogP contribution >= 0.6 is 0 Å². The van der Waals surface area contributed by atoms with Crippen molar-refractivity contribution in [2.45, 2.75) is 63.4 Å². The van der Waals surface area contributed by atoms with Crippen LogP contribution in [0.25, 0.3) is 0 Å². The van der Waals surface area contributed by atoms with Crippen LogP contribution in [-0.4, -0.2) is 73.1 Å². The number of methoxy groups -OCH3 is 1. The van der Waals surface area contributed by atoms with Crippen molar-refractivity contribution in [2.75, 3.05) is 25.6 Å². The molecule has 1 atom stereocenters. The standard InChI is InChI=1S/C34H39N5O7S/c1-22-17-18-26(23(2)21-22)46-20-12-6-11-19-38-30(35-25-14-8-10-16-28(25)47(38,43)44)29(39-32(41)34(3,4)37-33(39)42)31(40)36-24-13-7-9-15-27(24)45-5/h7-10,13-18,21,29H,6,11-12,19-20H2,1-5H3,(H,36,40)(H,37,42). The first kappa shape index (κ1) is 33.5. The highest BCUT2D eigenvalue weighted by Gasteiger charge is 2.53. The van der Waals surface area contributed by atoms with Crippen molar-refractivity contribution in [3.63, 3.8) is 0 Å². The average Bonchev–Trinajstić information content (AvgIpc) is 3.22. The first-order valence-corrected chi connectivity index (χ1v) is 16.8. The van der Waals surface area contributed by atoms with Gasteiger partial charge in [-0.15, -0.1) is 0 Å². The quantitative estimate of drug-likeness (QED) is 0.207. The first-order valence-electron chi connectivity index (χ1n) is 15.4. The Bertz CT molecular complexity index is 1840. The number of sulfonamides is 1. The van der Waals surface area contributed by atoms with Gasteiger partial charge < -0.3 is 20.1 Å². The number of carbonyl (C=O) groups excluding carboxylic acids is 3. The number of urea groups is 1. The normalized spacial score (nSPS) is 17.0. The van der Waals surface area contributed by atoms with Crippen LogP contribution in [0, 0.1) is 13.8 Å². The Morgan fingerprint density at radius 2 is 1.70 bits per heavy atom. The average molecular weight is 662 g/mol. The predicted octanol–water partition coefficient (Wildman–Crippen LogP) is 4.93. The van der Waals surface area contributed by atoms with Gasteiger partial charge in [0.15, 0.2) is 11.9 Å². The molecule has 0 aromatic heterocycles. The van der Waals surface area contributed by atoms with Gasteiger partial charge >= 0.3 is 6.03 Å². The van der Waals surface area contributed by atoms with Crippen LogP contribution in [0.5, 0.6) is 11.5 Å². The lowest BCUT2D eigenvalue weighted by Crippen LogP contribution is -2.59. The number of amides is 4. The number of para-hydroxylation sites is 3. The molecule has 0 radical (unpaired) electrons. The number of nitrogens with one attached hydrogen (secondary N) is 2. The fraction of sp³-hybridized carbons (Fsp3) is 0.353. The number of anilines is 1. The zero-order valence-electron chi connectivity index (χ0n) is 27.1. The molecule has 3 aromatic rings. The third kappa shape index (κ3) is 6.80. The minimum Gasteiger partial charge on any atom is -0.495 e. The Labute approximate surface area is 274 Å². The van der Waals surface area contributed by atoms with Crippen molar-refractivity contribution < 1.29 is 32.3 Å². The van der Waals surface area contributed by atoms with Gasteiger partial charge in [-0.05, 0) is 82.9 Å². The highest BCUT2D eigenvalue weighted by Crippen LogP contribution is 2.35. The lowest BCUT2D eigenvalue weighted by atomic mass is 10.1. The van der Waals surface area contributed by atoms with Gasteiger partial charge in [-0.1, -0.05) is 42.0 Å². The topological polar surface area (TPSA) is 147 Å². The molecule has 3 aromatic carbocycles. The van der Waals surface area contributed by atoms with E-state index in [9.17, 15) is 22.8 Å². The van der Waals surface area contributed by atoms with Crippen molar-refractivity contribution in [1.29, 1.82) is 0 Å². The molecule has 0 saturated carbocycles. The number of imide groups is 1. The molecule has 4 amide bonds. The molecule has 1 fully saturated rings. The Morgan fingerprint density at radius 1 is 0.979 bits per heavy atom. The molecule has 248 valence electrons. The summed E-state index contributed by atoms with van der Waals surface area (Å²) in [5.41, 5.74) is 1.20. The van der Waals surface area contributed by atoms with E-state index in [0.717, 1.165) is 26.1 Å². The third-order valence-corrected chi connectivity index (χ3v) is 9.88. The molecule has 2 aliphatic heterocycles. The molecular weight excluding hydrogens is 622 g/mol. The molecular formula is C34H39N5O7S. The minimum absolute atomic E-state index is 0.0386. The number of amidine groups is 1. The van der Waals surface area contributed by atoms with Crippen molar-refractivity contribution in [2.24, 2.45) is 4.99 Å². The van der Waals surface area contributed by atoms with E-state index >= 15 is 0 Å². The summed E-state index contributed by atoms with van der Waals surface area (Å²) in [7, 11) is -2.80. The molecule has 2 aliphatic rings. The number of hydrogen-bond acceptors (Lipinski definition) is 8. The number of fused-ring (bicyclic) bond motifs is 1. The van der Waals surface area contributed by atoms with E-state index in [4.69, 9.17) is 9.47 Å². The van der Waals surface area contributed by atoms with Crippen LogP contribution < -0.4 is 20.1 Å². The summed E-state index contributed by atoms with van der Waals surface area (Å²) in [6.45, 7) is 7.40. The minimum atomic E-state index is -4.24. The monoisotopic (exact) mass is 661 g/mol. The van der Waals surface area contributed by atoms with Crippen LogP contribution in [0.15, 0.2) is 76.6 Å². The van der Waals surface area contributed by atoms with Crippen LogP contribution in [0.3, 0.4) is 0 Å². The molecule has 13 heteroatoms. The summed E-state index contributed by atoms with van der Waals surface area (Å²) in [4.78, 5) is 46.4. The molecule has 0 bridgehead atoms. The Morgan fingerprint density at radius 3 is 2.40 bits per heavy atom. The summed E-state index contributed by atoms with van der Waals surface area (Å²) >= 11 is 0. The maximum atomic E-state index is 14.2. The zero-order valence-corrected chi connectivity index (χ0v) is 27.9. The molecule has 12 nitrogen and oxygen atoms in total. The number of unbranched alkanes of at least 4 members (excludes halogenated alkanes) is 2. The Balaban J connectivity index is 1.46. The first-order chi connectivity index (χ1) is 22.3. The van der Waals surface area contributed by atoms with E-state index in [-0.39, 0.29) is 28.7 Å². The molecule has 0 spiro atoms. The van der Waals surface area contributed by atoms with E-state index in [1.807, 2.05) is 32.0 Å². The Hall–Kier alpha value is -4.91. The molecule has 0 aliphatic carbocycles. The van der Waals surface area contributed by atoms with E-state index in [2.05, 4.69) is 15.6 Å². The number of carbonyl (C=O) groups is 3. The molecule has 2 N–H and O–H groups in total. The summed E-state index contributed by atoms with van der Waals surface area (Å²) in [5, 5.41) is 5.32. The second-order valence-corrected chi connectivity index (χ2v) is 13.8. The van der Waals surface area contributed by atoms with Gasteiger partial charge in [0.1, 0.15) is 21.9 Å². The van der Waals surface area contributed by atoms with Gasteiger partial charge in [0.25, 0.3) is 21.8 Å². The van der Waals surface area contributed by atoms with Gasteiger partial charge in [0, 0.05) is 6.54 Å². The Kier molecular flexibility index (Phi) is 9.57. The summed E-state index contributed by atoms with van der Waals surface area (Å²) in [5.74, 6) is -0.675. The van der Waals surface area contributed by atoms with Gasteiger partial charge in [0.2, 0.25) is 0 Å². The number of rotatable bonds is 12. The second-order valence-electron chi connectivity index (χ2n) is 12.0. The lowest BCUT2D eigenvalue weighted by molar-refractivity contribution is -0.134. The molecule has 1 unspecified atom stereocenters. The molecule has 2 heterocycles. The number of hydrogen-bond donors (Lipinski definition) is 2. The number of ether oxygens (including phenoxy) is 2. The van der Waals surface area contributed by atoms with E-state index in [1.165, 1.54) is 33.1 Å². The van der Waals surface area contributed by atoms with Crippen molar-refractivity contribution in [3.8, 4) is 11.5 Å². The van der Waals surface area contributed by atoms with Crippen LogP contribution in [0.2, 0.25) is 0 Å². The number of nitrogens with zero attached hydrogens (tertiary/aromatic N) is 3. The van der Waals surface area contributed by atoms with Crippen molar-refractivity contribution >= 4 is 45.1 Å². The number of benzene rings is 3. The molecule has 1 saturated heterocycles. The van der Waals surface area contributed by atoms with Gasteiger partial charge in [-0.2, -0.15) is 0 Å². The largest absolute Gasteiger partial charge is 0.495 e. The zero-order chi connectivity index (χ0) is 33.9. The van der Waals surface area contributed by atoms with Gasteiger partial charge in [-0.3, -0.25) is 13.9 Å². The summed E-state index contributed by atoms with van der Waals surface area (Å²) < 4.78 is 40.6. The fourth-order valence-corrected chi connectivity index (χ4v) is 7.23. The number of aryl methyl sites for hydroxylation is 2. The predicted molar refractivity (Wildman–Crippen MR) is 178 cm³/mol. The highest BCUT2D eigenvalue weighted by molar-refractivity contribution is 7.90. The third-order valence-electron chi connectivity index (χ3n) is 8.03. The van der Waals surface area contributed by atoms with E-state index in [0.29, 0.717) is 31.6 Å². The second kappa shape index (κ2) is 13.4. The number of aliphatic imine (C=N–C) groups is 1. The van der Waals surface area contributed by atoms with Gasteiger partial charge in [-0.25, -0.2) is 23.1 Å². The molecule has 47 heavy (non-hydrogen) atoms. The fourth-order valence-electron chi connectivity index (χ4n) is 5.61. The van der Waals surface area contributed by atoms with Gasteiger partial charge in [0.05, 0.1) is 25.1 Å². The van der Waals surface area contributed by atoms with Crippen molar-refractivity contribution in [1.82, 2.24) is 14.5 Å². The highest BCUT2D eigenvalue weighted by atomic mass is 32.2. The van der Waals surface area contributed by atoms with Crippen LogP contribution in [0.1, 0.15) is 44.2 Å². The summed E-state index contributed by atoms with van der Waals surface area (Å²) in [6, 6.07) is 16.2. The van der Waals surface area contributed by atoms with Crippen molar-refractivity contribution in [3.05, 3.63) is 77.9 Å². The van der Waals surface area contributed by atoms with Crippen LogP contribution in [-0.2, 0) is 19.6 Å². The lowest BCUT2D eigenvalue weighted by Gasteiger charge is -2.35. The van der Waals surface area contributed by atoms with E-state index in [1.54, 1.807) is 36.4 Å². The van der Waals surface area contributed by atoms with E-state index < -0.39 is 39.4 Å². The molecule has 5 rings (SSSR count). The maximum absolute atomic E-state index is 14.2. The SMILES string of the molecule is COc1ccccc1NC(=O)C(C1=Nc2ccccc2S(=O)(=O)N1CCCCCOc1ccc(C)cc1C)N1C(=O)NC(C)(C)C1=O. The van der Waals surface area contributed by atoms with Crippen LogP contribution in [0.4, 0.5) is 16.2 Å². The maximum Gasteiger partial charge on any atom is 0.326 e. The smallest absolute Gasteiger partial charge is 0.326 e. The summed E-state index contributed by atoms with van der Waals surface area (Å²) in [6.07, 6.45) is 1.63.